The summed E-state index contributed by atoms with van der Waals surface area (Å²) in [7, 11) is 0. The lowest BCUT2D eigenvalue weighted by molar-refractivity contribution is -0.127. The highest BCUT2D eigenvalue weighted by atomic mass is 16.2. The van der Waals surface area contributed by atoms with Crippen LogP contribution in [0.1, 0.15) is 31.2 Å². The second-order valence-electron chi connectivity index (χ2n) is 8.58. The number of nitrogens with one attached hydrogen (secondary N) is 1. The molecule has 1 aliphatic heterocycles. The Morgan fingerprint density at radius 3 is 2.73 bits per heavy atom. The fourth-order valence-electron chi connectivity index (χ4n) is 5.57. The van der Waals surface area contributed by atoms with Crippen LogP contribution in [-0.2, 0) is 16.0 Å². The number of nitrogens with zero attached hydrogens (tertiary/aromatic N) is 1. The Labute approximate surface area is 154 Å². The average molecular weight is 350 g/mol. The third-order valence-electron chi connectivity index (χ3n) is 7.13. The molecule has 0 unspecified atom stereocenters. The molecule has 2 saturated carbocycles. The van der Waals surface area contributed by atoms with Crippen LogP contribution in [-0.4, -0.2) is 35.8 Å². The maximum Gasteiger partial charge on any atom is 0.224 e. The summed E-state index contributed by atoms with van der Waals surface area (Å²) in [6, 6.07) is 10.2. The molecule has 136 valence electrons. The molecule has 26 heavy (non-hydrogen) atoms. The van der Waals surface area contributed by atoms with E-state index >= 15 is 0 Å². The lowest BCUT2D eigenvalue weighted by Gasteiger charge is -2.22. The Balaban J connectivity index is 1.15. The first kappa shape index (κ1) is 16.1. The topological polar surface area (TPSA) is 49.4 Å². The van der Waals surface area contributed by atoms with Crippen molar-refractivity contribution >= 4 is 11.8 Å². The van der Waals surface area contributed by atoms with E-state index in [2.05, 4.69) is 29.6 Å². The molecule has 3 fully saturated rings. The van der Waals surface area contributed by atoms with Crippen molar-refractivity contribution in [3.05, 3.63) is 48.0 Å². The zero-order valence-corrected chi connectivity index (χ0v) is 15.1. The molecule has 1 spiro atoms. The first-order chi connectivity index (χ1) is 12.7. The number of hydrogen-bond acceptors (Lipinski definition) is 2. The van der Waals surface area contributed by atoms with Gasteiger partial charge < -0.3 is 10.2 Å². The first-order valence-corrected chi connectivity index (χ1v) is 9.96. The summed E-state index contributed by atoms with van der Waals surface area (Å²) in [6.07, 6.45) is 9.52. The van der Waals surface area contributed by atoms with Crippen molar-refractivity contribution in [1.29, 1.82) is 0 Å². The second-order valence-corrected chi connectivity index (χ2v) is 8.58. The average Bonchev–Trinajstić information content (AvgIpc) is 3.19. The molecule has 1 saturated heterocycles. The van der Waals surface area contributed by atoms with Crippen molar-refractivity contribution in [3.63, 3.8) is 0 Å². The van der Waals surface area contributed by atoms with Gasteiger partial charge in [0.1, 0.15) is 0 Å². The van der Waals surface area contributed by atoms with Crippen LogP contribution in [0.5, 0.6) is 0 Å². The number of allylic oxidation sites excluding steroid dienone is 2. The van der Waals surface area contributed by atoms with Gasteiger partial charge >= 0.3 is 0 Å². The highest BCUT2D eigenvalue weighted by Gasteiger charge is 2.64. The third-order valence-corrected chi connectivity index (χ3v) is 7.13. The minimum absolute atomic E-state index is 0.0240. The lowest BCUT2D eigenvalue weighted by atomic mass is 9.88. The third kappa shape index (κ3) is 2.58. The molecule has 2 bridgehead atoms. The van der Waals surface area contributed by atoms with Crippen molar-refractivity contribution in [1.82, 2.24) is 10.2 Å². The molecule has 1 N–H and O–H groups in total. The zero-order chi connectivity index (χ0) is 17.7. The number of amides is 2. The number of carbonyl (C=O) groups is 2. The number of rotatable bonds is 5. The summed E-state index contributed by atoms with van der Waals surface area (Å²) < 4.78 is 0. The summed E-state index contributed by atoms with van der Waals surface area (Å²) in [6.45, 7) is 1.38. The van der Waals surface area contributed by atoms with Crippen LogP contribution in [0.3, 0.4) is 0 Å². The highest BCUT2D eigenvalue weighted by molar-refractivity contribution is 5.84. The SMILES string of the molecule is O=C(N[C@H]1CC(=O)N(CCc2ccccc2)C1)[C@H]1C[C@H]2C=C[C@H]1C21CC1. The summed E-state index contributed by atoms with van der Waals surface area (Å²) in [5.74, 6) is 1.53. The molecule has 4 atom stereocenters. The van der Waals surface area contributed by atoms with Gasteiger partial charge in [-0.2, -0.15) is 0 Å². The zero-order valence-electron chi connectivity index (χ0n) is 15.1. The molecule has 0 radical (unpaired) electrons. The van der Waals surface area contributed by atoms with Gasteiger partial charge in [0.05, 0.1) is 6.04 Å². The molecule has 5 rings (SSSR count). The molecular weight excluding hydrogens is 324 g/mol. The Hall–Kier alpha value is -2.10. The molecule has 1 heterocycles. The van der Waals surface area contributed by atoms with E-state index in [0.29, 0.717) is 30.2 Å². The summed E-state index contributed by atoms with van der Waals surface area (Å²) in [5, 5.41) is 3.19. The molecule has 0 aromatic heterocycles. The largest absolute Gasteiger partial charge is 0.351 e. The highest BCUT2D eigenvalue weighted by Crippen LogP contribution is 2.70. The van der Waals surface area contributed by atoms with Crippen LogP contribution < -0.4 is 5.32 Å². The van der Waals surface area contributed by atoms with E-state index in [1.54, 1.807) is 0 Å². The van der Waals surface area contributed by atoms with Crippen molar-refractivity contribution in [2.75, 3.05) is 13.1 Å². The van der Waals surface area contributed by atoms with E-state index in [1.807, 2.05) is 23.1 Å². The van der Waals surface area contributed by atoms with Crippen LogP contribution >= 0.6 is 0 Å². The van der Waals surface area contributed by atoms with Gasteiger partial charge in [-0.05, 0) is 48.5 Å². The first-order valence-electron chi connectivity index (χ1n) is 9.96. The van der Waals surface area contributed by atoms with Crippen LogP contribution in [0.4, 0.5) is 0 Å². The molecule has 1 aromatic carbocycles. The molecule has 4 nitrogen and oxygen atoms in total. The number of carbonyl (C=O) groups excluding carboxylic acids is 2. The maximum absolute atomic E-state index is 12.8. The van der Waals surface area contributed by atoms with E-state index in [-0.39, 0.29) is 23.8 Å². The van der Waals surface area contributed by atoms with Gasteiger partial charge in [-0.25, -0.2) is 0 Å². The molecule has 1 aromatic rings. The monoisotopic (exact) mass is 350 g/mol. The van der Waals surface area contributed by atoms with Gasteiger partial charge in [-0.15, -0.1) is 0 Å². The standard InChI is InChI=1S/C22H26N2O2/c25-20-13-17(14-24(20)11-8-15-4-2-1-3-5-15)23-21(26)18-12-16-6-7-19(18)22(16)9-10-22/h1-7,16-19H,8-14H2,(H,23,26)/t16-,17+,18+,19-/m1/s1. The van der Waals surface area contributed by atoms with Crippen LogP contribution in [0.2, 0.25) is 0 Å². The number of hydrogen-bond donors (Lipinski definition) is 1. The molecule has 2 amide bonds. The Morgan fingerprint density at radius 1 is 1.19 bits per heavy atom. The summed E-state index contributed by atoms with van der Waals surface area (Å²) in [5.41, 5.74) is 1.69. The van der Waals surface area contributed by atoms with Gasteiger partial charge in [0.2, 0.25) is 11.8 Å². The van der Waals surface area contributed by atoms with Crippen molar-refractivity contribution in [2.45, 2.75) is 38.1 Å². The summed E-state index contributed by atoms with van der Waals surface area (Å²) in [4.78, 5) is 27.0. The van der Waals surface area contributed by atoms with E-state index in [1.165, 1.54) is 18.4 Å². The number of likely N-dealkylation sites (tertiary alicyclic amines) is 1. The predicted octanol–water partition coefficient (Wildman–Crippen LogP) is 2.55. The Bertz CT molecular complexity index is 753. The molecule has 4 heteroatoms. The smallest absolute Gasteiger partial charge is 0.224 e. The summed E-state index contributed by atoms with van der Waals surface area (Å²) >= 11 is 0. The van der Waals surface area contributed by atoms with Crippen LogP contribution in [0.25, 0.3) is 0 Å². The second kappa shape index (κ2) is 5.97. The van der Waals surface area contributed by atoms with Crippen molar-refractivity contribution in [3.8, 4) is 0 Å². The van der Waals surface area contributed by atoms with Gasteiger partial charge in [0.25, 0.3) is 0 Å². The maximum atomic E-state index is 12.8. The Kier molecular flexibility index (Phi) is 3.70. The normalized spacial score (nSPS) is 33.2. The minimum Gasteiger partial charge on any atom is -0.351 e. The van der Waals surface area contributed by atoms with E-state index in [0.717, 1.165) is 19.4 Å². The van der Waals surface area contributed by atoms with E-state index in [4.69, 9.17) is 0 Å². The lowest BCUT2D eigenvalue weighted by Crippen LogP contribution is -2.42. The van der Waals surface area contributed by atoms with Gasteiger partial charge in [0, 0.05) is 25.4 Å². The van der Waals surface area contributed by atoms with E-state index < -0.39 is 0 Å². The fraction of sp³-hybridized carbons (Fsp3) is 0.545. The van der Waals surface area contributed by atoms with Crippen molar-refractivity contribution < 1.29 is 9.59 Å². The van der Waals surface area contributed by atoms with Gasteiger partial charge in [-0.1, -0.05) is 42.5 Å². The fourth-order valence-corrected chi connectivity index (χ4v) is 5.57. The predicted molar refractivity (Wildman–Crippen MR) is 99.2 cm³/mol. The van der Waals surface area contributed by atoms with Crippen LogP contribution in [0, 0.1) is 23.2 Å². The minimum atomic E-state index is -0.0240. The quantitative estimate of drug-likeness (QED) is 0.830. The molecular formula is C22H26N2O2. The van der Waals surface area contributed by atoms with Crippen molar-refractivity contribution in [2.24, 2.45) is 23.2 Å². The van der Waals surface area contributed by atoms with Gasteiger partial charge in [0.15, 0.2) is 0 Å². The van der Waals surface area contributed by atoms with Crippen LogP contribution in [0.15, 0.2) is 42.5 Å². The van der Waals surface area contributed by atoms with Gasteiger partial charge in [-0.3, -0.25) is 9.59 Å². The number of benzene rings is 1. The Morgan fingerprint density at radius 2 is 2.00 bits per heavy atom. The molecule has 4 aliphatic rings. The molecule has 3 aliphatic carbocycles. The van der Waals surface area contributed by atoms with E-state index in [9.17, 15) is 9.59 Å².